The predicted molar refractivity (Wildman–Crippen MR) is 139 cm³/mol. The number of nitrogens with zero attached hydrogens (tertiary/aromatic N) is 2. The summed E-state index contributed by atoms with van der Waals surface area (Å²) in [6, 6.07) is 5.91. The number of hydrogen-bond donors (Lipinski definition) is 2. The normalized spacial score (nSPS) is 24.7. The van der Waals surface area contributed by atoms with Crippen LogP contribution >= 0.6 is 11.3 Å². The molecule has 1 aliphatic carbocycles. The molecule has 2 aromatic rings. The third kappa shape index (κ3) is 5.55. The van der Waals surface area contributed by atoms with E-state index in [1.807, 2.05) is 0 Å². The van der Waals surface area contributed by atoms with Crippen molar-refractivity contribution in [2.24, 2.45) is 17.8 Å². The Kier molecular flexibility index (Phi) is 7.79. The second kappa shape index (κ2) is 10.5. The lowest BCUT2D eigenvalue weighted by Gasteiger charge is -2.34. The molecule has 2 aromatic heterocycles. The summed E-state index contributed by atoms with van der Waals surface area (Å²) in [6.07, 6.45) is 6.89. The van der Waals surface area contributed by atoms with E-state index >= 15 is 0 Å². The van der Waals surface area contributed by atoms with Crippen LogP contribution in [0, 0.1) is 22.5 Å². The molecular formula is C26H38N4O2S2. The zero-order valence-electron chi connectivity index (χ0n) is 20.8. The molecule has 0 radical (unpaired) electrons. The lowest BCUT2D eigenvalue weighted by Crippen LogP contribution is -2.32. The van der Waals surface area contributed by atoms with E-state index in [4.69, 9.17) is 4.78 Å². The number of amides is 1. The molecule has 1 aliphatic heterocycles. The van der Waals surface area contributed by atoms with Gasteiger partial charge in [0, 0.05) is 36.0 Å². The molecule has 0 aromatic carbocycles. The van der Waals surface area contributed by atoms with Gasteiger partial charge in [0.15, 0.2) is 0 Å². The minimum Gasteiger partial charge on any atom is -0.346 e. The van der Waals surface area contributed by atoms with E-state index in [1.54, 1.807) is 30.4 Å². The Morgan fingerprint density at radius 3 is 2.65 bits per heavy atom. The van der Waals surface area contributed by atoms with Gasteiger partial charge in [-0.15, -0.1) is 11.3 Å². The molecule has 4 rings (SSSR count). The summed E-state index contributed by atoms with van der Waals surface area (Å²) in [5.41, 5.74) is 2.01. The quantitative estimate of drug-likeness (QED) is 0.475. The molecule has 1 saturated carbocycles. The third-order valence-corrected chi connectivity index (χ3v) is 10.4. The first-order valence-electron chi connectivity index (χ1n) is 12.5. The van der Waals surface area contributed by atoms with Crippen molar-refractivity contribution in [2.45, 2.75) is 77.4 Å². The van der Waals surface area contributed by atoms with Crippen molar-refractivity contribution >= 4 is 27.0 Å². The molecule has 2 aliphatic rings. The maximum absolute atomic E-state index is 12.9. The van der Waals surface area contributed by atoms with Crippen LogP contribution in [0.3, 0.4) is 0 Å². The Labute approximate surface area is 208 Å². The van der Waals surface area contributed by atoms with Crippen LogP contribution in [-0.2, 0) is 22.8 Å². The van der Waals surface area contributed by atoms with Crippen LogP contribution in [0.4, 0.5) is 0 Å². The van der Waals surface area contributed by atoms with Crippen molar-refractivity contribution in [1.82, 2.24) is 15.2 Å². The van der Waals surface area contributed by atoms with Crippen LogP contribution in [-0.4, -0.2) is 32.3 Å². The summed E-state index contributed by atoms with van der Waals surface area (Å²) in [5, 5.41) is 2.98. The van der Waals surface area contributed by atoms with E-state index in [9.17, 15) is 9.00 Å². The first-order chi connectivity index (χ1) is 16.2. The Hall–Kier alpha value is -1.77. The highest BCUT2D eigenvalue weighted by molar-refractivity contribution is 7.92. The summed E-state index contributed by atoms with van der Waals surface area (Å²) in [6.45, 7) is 11.1. The second-order valence-corrected chi connectivity index (χ2v) is 13.9. The summed E-state index contributed by atoms with van der Waals surface area (Å²) >= 11 is 1.64. The number of hydrogen-bond acceptors (Lipinski definition) is 6. The average molecular weight is 503 g/mol. The third-order valence-electron chi connectivity index (χ3n) is 7.38. The number of thiophene rings is 1. The molecule has 1 fully saturated rings. The van der Waals surface area contributed by atoms with E-state index in [0.717, 1.165) is 23.3 Å². The van der Waals surface area contributed by atoms with Gasteiger partial charge in [-0.25, -0.2) is 8.99 Å². The smallest absolute Gasteiger partial charge is 0.261 e. The Bertz CT molecular complexity index is 1100. The van der Waals surface area contributed by atoms with Gasteiger partial charge in [-0.2, -0.15) is 0 Å². The number of aromatic nitrogens is 1. The van der Waals surface area contributed by atoms with E-state index in [2.05, 4.69) is 42.0 Å². The minimum atomic E-state index is -2.77. The first kappa shape index (κ1) is 25.3. The van der Waals surface area contributed by atoms with Gasteiger partial charge in [0.1, 0.15) is 0 Å². The van der Waals surface area contributed by atoms with Crippen LogP contribution in [0.5, 0.6) is 0 Å². The Morgan fingerprint density at radius 1 is 1.29 bits per heavy atom. The highest BCUT2D eigenvalue weighted by atomic mass is 32.2. The fourth-order valence-electron chi connectivity index (χ4n) is 5.29. The minimum absolute atomic E-state index is 0.0709. The van der Waals surface area contributed by atoms with Crippen LogP contribution in [0.2, 0.25) is 0 Å². The van der Waals surface area contributed by atoms with E-state index < -0.39 is 9.73 Å². The number of pyridine rings is 1. The van der Waals surface area contributed by atoms with E-state index in [-0.39, 0.29) is 11.7 Å². The summed E-state index contributed by atoms with van der Waals surface area (Å²) in [7, 11) is -2.77. The van der Waals surface area contributed by atoms with Gasteiger partial charge in [0.05, 0.1) is 31.7 Å². The summed E-state index contributed by atoms with van der Waals surface area (Å²) in [5.74, 6) is 2.38. The number of carbonyl (C=O) groups is 1. The molecule has 0 saturated heterocycles. The number of carbonyl (C=O) groups excluding carboxylic acids is 1. The predicted octanol–water partition coefficient (Wildman–Crippen LogP) is 5.84. The maximum atomic E-state index is 12.9. The highest BCUT2D eigenvalue weighted by Gasteiger charge is 2.36. The SMILES string of the molecule is CCS(=N)(=O)c1ccc(CNC(=O)c2cc3c(s2)[C@H](C(C)C)N(CC2CCC(C)CC2)C3)nc1. The number of nitrogens with one attached hydrogen (secondary N) is 2. The highest BCUT2D eigenvalue weighted by Crippen LogP contribution is 2.44. The Morgan fingerprint density at radius 2 is 2.03 bits per heavy atom. The average Bonchev–Trinajstić information content (AvgIpc) is 3.36. The van der Waals surface area contributed by atoms with E-state index in [0.29, 0.717) is 29.1 Å². The van der Waals surface area contributed by atoms with Gasteiger partial charge in [-0.05, 0) is 54.4 Å². The maximum Gasteiger partial charge on any atom is 0.261 e. The van der Waals surface area contributed by atoms with Gasteiger partial charge in [0.25, 0.3) is 5.91 Å². The molecule has 2 atom stereocenters. The van der Waals surface area contributed by atoms with Crippen molar-refractivity contribution < 1.29 is 9.00 Å². The molecular weight excluding hydrogens is 464 g/mol. The number of fused-ring (bicyclic) bond motifs is 1. The van der Waals surface area contributed by atoms with Gasteiger partial charge < -0.3 is 5.32 Å². The fraction of sp³-hybridized carbons (Fsp3) is 0.615. The molecule has 186 valence electrons. The molecule has 1 amide bonds. The molecule has 0 bridgehead atoms. The summed E-state index contributed by atoms with van der Waals surface area (Å²) < 4.78 is 20.0. The molecule has 2 N–H and O–H groups in total. The van der Waals surface area contributed by atoms with Crippen LogP contribution in [0.15, 0.2) is 29.3 Å². The van der Waals surface area contributed by atoms with Crippen LogP contribution < -0.4 is 5.32 Å². The van der Waals surface area contributed by atoms with Gasteiger partial charge in [0.2, 0.25) is 0 Å². The van der Waals surface area contributed by atoms with Crippen molar-refractivity contribution in [2.75, 3.05) is 12.3 Å². The number of rotatable bonds is 8. The lowest BCUT2D eigenvalue weighted by molar-refractivity contribution is 0.0954. The van der Waals surface area contributed by atoms with Crippen LogP contribution in [0.1, 0.15) is 85.2 Å². The summed E-state index contributed by atoms with van der Waals surface area (Å²) in [4.78, 5) is 22.4. The van der Waals surface area contributed by atoms with Crippen molar-refractivity contribution in [1.29, 1.82) is 4.78 Å². The van der Waals surface area contributed by atoms with Crippen molar-refractivity contribution in [3.63, 3.8) is 0 Å². The van der Waals surface area contributed by atoms with E-state index in [1.165, 1.54) is 48.9 Å². The van der Waals surface area contributed by atoms with Gasteiger partial charge >= 0.3 is 0 Å². The second-order valence-electron chi connectivity index (χ2n) is 10.4. The van der Waals surface area contributed by atoms with Gasteiger partial charge in [-0.1, -0.05) is 40.5 Å². The molecule has 8 heteroatoms. The lowest BCUT2D eigenvalue weighted by atomic mass is 9.82. The zero-order chi connectivity index (χ0) is 24.5. The largest absolute Gasteiger partial charge is 0.346 e. The molecule has 3 heterocycles. The van der Waals surface area contributed by atoms with Crippen molar-refractivity contribution in [3.05, 3.63) is 45.4 Å². The van der Waals surface area contributed by atoms with Crippen LogP contribution in [0.25, 0.3) is 0 Å². The fourth-order valence-corrected chi connectivity index (χ4v) is 7.54. The molecule has 0 spiro atoms. The zero-order valence-corrected chi connectivity index (χ0v) is 22.4. The monoisotopic (exact) mass is 502 g/mol. The van der Waals surface area contributed by atoms with Crippen molar-refractivity contribution in [3.8, 4) is 0 Å². The Balaban J connectivity index is 1.38. The standard InChI is InChI=1S/C26H38N4O2S2/c1-5-34(27,32)22-11-10-21(28-14-22)13-29-26(31)23-12-20-16-30(24(17(2)3)25(20)33-23)15-19-8-6-18(4)7-9-19/h10-12,14,17-19,24,27H,5-9,13,15-16H2,1-4H3,(H,29,31)/t18?,19?,24-,34?/m0/s1. The molecule has 34 heavy (non-hydrogen) atoms. The topological polar surface area (TPSA) is 86.2 Å². The van der Waals surface area contributed by atoms with Gasteiger partial charge in [-0.3, -0.25) is 14.7 Å². The molecule has 1 unspecified atom stereocenters. The molecule has 6 nitrogen and oxygen atoms in total. The first-order valence-corrected chi connectivity index (χ1v) is 15.1.